The van der Waals surface area contributed by atoms with Crippen LogP contribution >= 0.6 is 0 Å². The molecule has 0 aliphatic rings. The normalized spacial score (nSPS) is 10.7. The lowest BCUT2D eigenvalue weighted by Crippen LogP contribution is -2.40. The SMILES string of the molecule is CCOC(C)(C)CNC(=O)c1cc(F)ccc1C#CCN. The molecule has 0 saturated heterocycles. The molecule has 0 spiro atoms. The first-order valence-corrected chi connectivity index (χ1v) is 6.80. The van der Waals surface area contributed by atoms with Crippen molar-refractivity contribution in [3.05, 3.63) is 35.1 Å². The van der Waals surface area contributed by atoms with Gasteiger partial charge in [0.2, 0.25) is 0 Å². The molecule has 3 N–H and O–H groups in total. The maximum Gasteiger partial charge on any atom is 0.252 e. The first-order chi connectivity index (χ1) is 9.89. The standard InChI is InChI=1S/C16H21FN2O2/c1-4-21-16(2,3)11-19-15(20)14-10-13(17)8-7-12(14)6-5-9-18/h7-8,10H,4,9,11,18H2,1-3H3,(H,19,20). The van der Waals surface area contributed by atoms with Crippen LogP contribution in [0, 0.1) is 17.7 Å². The third kappa shape index (κ3) is 5.54. The zero-order valence-corrected chi connectivity index (χ0v) is 12.6. The zero-order chi connectivity index (χ0) is 15.9. The molecule has 0 aliphatic heterocycles. The number of benzene rings is 1. The van der Waals surface area contributed by atoms with Crippen molar-refractivity contribution in [3.8, 4) is 11.8 Å². The predicted octanol–water partition coefficient (Wildman–Crippen LogP) is 1.68. The van der Waals surface area contributed by atoms with Crippen molar-refractivity contribution in [2.24, 2.45) is 5.73 Å². The average Bonchev–Trinajstić information content (AvgIpc) is 2.43. The van der Waals surface area contributed by atoms with Crippen LogP contribution in [0.5, 0.6) is 0 Å². The number of carbonyl (C=O) groups excluding carboxylic acids is 1. The molecule has 4 nitrogen and oxygen atoms in total. The van der Waals surface area contributed by atoms with Gasteiger partial charge in [-0.15, -0.1) is 0 Å². The number of halogens is 1. The monoisotopic (exact) mass is 292 g/mol. The second kappa shape index (κ2) is 7.77. The van der Waals surface area contributed by atoms with E-state index in [-0.39, 0.29) is 18.0 Å². The van der Waals surface area contributed by atoms with Crippen LogP contribution in [-0.4, -0.2) is 31.2 Å². The van der Waals surface area contributed by atoms with E-state index in [1.54, 1.807) is 0 Å². The van der Waals surface area contributed by atoms with Gasteiger partial charge in [-0.25, -0.2) is 4.39 Å². The van der Waals surface area contributed by atoms with E-state index in [4.69, 9.17) is 10.5 Å². The zero-order valence-electron chi connectivity index (χ0n) is 12.6. The number of nitrogens with two attached hydrogens (primary N) is 1. The molecule has 21 heavy (non-hydrogen) atoms. The Balaban J connectivity index is 2.89. The van der Waals surface area contributed by atoms with Gasteiger partial charge in [-0.05, 0) is 39.0 Å². The predicted molar refractivity (Wildman–Crippen MR) is 80.4 cm³/mol. The van der Waals surface area contributed by atoms with Crippen molar-refractivity contribution in [2.75, 3.05) is 19.7 Å². The molecule has 1 aromatic rings. The fourth-order valence-corrected chi connectivity index (χ4v) is 1.79. The van der Waals surface area contributed by atoms with Crippen LogP contribution in [0.1, 0.15) is 36.7 Å². The summed E-state index contributed by atoms with van der Waals surface area (Å²) in [5.74, 6) is 4.56. The lowest BCUT2D eigenvalue weighted by molar-refractivity contribution is -0.00815. The topological polar surface area (TPSA) is 64.3 Å². The molecule has 0 aromatic heterocycles. The van der Waals surface area contributed by atoms with Crippen LogP contribution in [0.3, 0.4) is 0 Å². The molecule has 0 fully saturated rings. The maximum absolute atomic E-state index is 13.3. The van der Waals surface area contributed by atoms with Crippen LogP contribution < -0.4 is 11.1 Å². The molecule has 1 rings (SSSR count). The molecule has 0 radical (unpaired) electrons. The Bertz CT molecular complexity index is 559. The van der Waals surface area contributed by atoms with E-state index in [1.165, 1.54) is 18.2 Å². The first kappa shape index (κ1) is 17.2. The second-order valence-corrected chi connectivity index (χ2v) is 5.07. The third-order valence-electron chi connectivity index (χ3n) is 2.76. The average molecular weight is 292 g/mol. The van der Waals surface area contributed by atoms with Gasteiger partial charge in [0, 0.05) is 18.7 Å². The molecule has 5 heteroatoms. The van der Waals surface area contributed by atoms with Crippen molar-refractivity contribution >= 4 is 5.91 Å². The van der Waals surface area contributed by atoms with Gasteiger partial charge in [0.25, 0.3) is 5.91 Å². The summed E-state index contributed by atoms with van der Waals surface area (Å²) in [6, 6.07) is 3.91. The molecule has 0 atom stereocenters. The van der Waals surface area contributed by atoms with E-state index in [9.17, 15) is 9.18 Å². The summed E-state index contributed by atoms with van der Waals surface area (Å²) in [6.07, 6.45) is 0. The van der Waals surface area contributed by atoms with Crippen LogP contribution in [0.4, 0.5) is 4.39 Å². The van der Waals surface area contributed by atoms with Crippen molar-refractivity contribution in [1.82, 2.24) is 5.32 Å². The molecular formula is C16H21FN2O2. The second-order valence-electron chi connectivity index (χ2n) is 5.07. The Morgan fingerprint density at radius 2 is 2.19 bits per heavy atom. The summed E-state index contributed by atoms with van der Waals surface area (Å²) < 4.78 is 18.8. The summed E-state index contributed by atoms with van der Waals surface area (Å²) in [6.45, 7) is 6.68. The Morgan fingerprint density at radius 1 is 1.48 bits per heavy atom. The van der Waals surface area contributed by atoms with E-state index in [0.717, 1.165) is 0 Å². The quantitative estimate of drug-likeness (QED) is 0.812. The highest BCUT2D eigenvalue weighted by atomic mass is 19.1. The Kier molecular flexibility index (Phi) is 6.35. The summed E-state index contributed by atoms with van der Waals surface area (Å²) in [7, 11) is 0. The van der Waals surface area contributed by atoms with Gasteiger partial charge in [-0.3, -0.25) is 4.79 Å². The third-order valence-corrected chi connectivity index (χ3v) is 2.76. The highest BCUT2D eigenvalue weighted by molar-refractivity contribution is 5.96. The van der Waals surface area contributed by atoms with Gasteiger partial charge in [-0.1, -0.05) is 11.8 Å². The van der Waals surface area contributed by atoms with E-state index < -0.39 is 11.4 Å². The van der Waals surface area contributed by atoms with Crippen molar-refractivity contribution < 1.29 is 13.9 Å². The van der Waals surface area contributed by atoms with Gasteiger partial charge in [0.15, 0.2) is 0 Å². The highest BCUT2D eigenvalue weighted by Gasteiger charge is 2.20. The molecule has 0 bridgehead atoms. The lowest BCUT2D eigenvalue weighted by atomic mass is 10.1. The number of carbonyl (C=O) groups is 1. The molecule has 0 heterocycles. The Hall–Kier alpha value is -1.90. The number of rotatable bonds is 5. The Labute approximate surface area is 124 Å². The summed E-state index contributed by atoms with van der Waals surface area (Å²) in [4.78, 5) is 12.2. The summed E-state index contributed by atoms with van der Waals surface area (Å²) in [5.41, 5.74) is 5.48. The summed E-state index contributed by atoms with van der Waals surface area (Å²) >= 11 is 0. The molecule has 114 valence electrons. The smallest absolute Gasteiger partial charge is 0.252 e. The van der Waals surface area contributed by atoms with E-state index in [0.29, 0.717) is 18.7 Å². The van der Waals surface area contributed by atoms with Crippen LogP contribution in [0.15, 0.2) is 18.2 Å². The van der Waals surface area contributed by atoms with Crippen LogP contribution in [-0.2, 0) is 4.74 Å². The number of ether oxygens (including phenoxy) is 1. The molecule has 1 aromatic carbocycles. The minimum absolute atomic E-state index is 0.176. The van der Waals surface area contributed by atoms with Crippen molar-refractivity contribution in [2.45, 2.75) is 26.4 Å². The number of hydrogen-bond acceptors (Lipinski definition) is 3. The number of hydrogen-bond donors (Lipinski definition) is 2. The van der Waals surface area contributed by atoms with Gasteiger partial charge in [0.05, 0.1) is 17.7 Å². The van der Waals surface area contributed by atoms with Crippen LogP contribution in [0.2, 0.25) is 0 Å². The lowest BCUT2D eigenvalue weighted by Gasteiger charge is -2.25. The largest absolute Gasteiger partial charge is 0.374 e. The van der Waals surface area contributed by atoms with Crippen molar-refractivity contribution in [3.63, 3.8) is 0 Å². The minimum Gasteiger partial charge on any atom is -0.374 e. The molecule has 0 saturated carbocycles. The highest BCUT2D eigenvalue weighted by Crippen LogP contribution is 2.12. The van der Waals surface area contributed by atoms with Gasteiger partial charge in [0.1, 0.15) is 5.82 Å². The Morgan fingerprint density at radius 3 is 2.81 bits per heavy atom. The fraction of sp³-hybridized carbons (Fsp3) is 0.438. The van der Waals surface area contributed by atoms with Gasteiger partial charge in [-0.2, -0.15) is 0 Å². The molecule has 1 amide bonds. The maximum atomic E-state index is 13.3. The van der Waals surface area contributed by atoms with Crippen LogP contribution in [0.25, 0.3) is 0 Å². The molecule has 0 unspecified atom stereocenters. The number of nitrogens with one attached hydrogen (secondary N) is 1. The van der Waals surface area contributed by atoms with Crippen molar-refractivity contribution in [1.29, 1.82) is 0 Å². The summed E-state index contributed by atoms with van der Waals surface area (Å²) in [5, 5.41) is 2.74. The van der Waals surface area contributed by atoms with Gasteiger partial charge >= 0.3 is 0 Å². The van der Waals surface area contributed by atoms with Gasteiger partial charge < -0.3 is 15.8 Å². The minimum atomic E-state index is -0.485. The first-order valence-electron chi connectivity index (χ1n) is 6.80. The van der Waals surface area contributed by atoms with E-state index in [2.05, 4.69) is 17.2 Å². The fourth-order valence-electron chi connectivity index (χ4n) is 1.79. The van der Waals surface area contributed by atoms with E-state index >= 15 is 0 Å². The molecule has 0 aliphatic carbocycles. The number of amides is 1. The van der Waals surface area contributed by atoms with E-state index in [1.807, 2.05) is 20.8 Å². The molecular weight excluding hydrogens is 271 g/mol.